The molecule has 0 heterocycles. The predicted molar refractivity (Wildman–Crippen MR) is 152 cm³/mol. The molecule has 0 atom stereocenters. The molecule has 2 rings (SSSR count). The summed E-state index contributed by atoms with van der Waals surface area (Å²) in [7, 11) is 0. The standard InChI is InChI=1S/C29H40N2O7.ClH/c1-6-35-27(32)19-38-26-18-24(14-15-25(26)29(34)31(20(2)3)21(4)5)37-17-9-7-8-16-36-23-12-10-22(11-13-23)28(30)33;/h10-15,18,20-21H,6-9,16-17,19H2,1-5H3,(H2,30,33);1H. The fraction of sp³-hybridized carbons (Fsp3) is 0.483. The van der Waals surface area contributed by atoms with Crippen molar-refractivity contribution in [2.75, 3.05) is 26.4 Å². The number of carbonyl (C=O) groups excluding carboxylic acids is 3. The van der Waals surface area contributed by atoms with Crippen molar-refractivity contribution in [2.24, 2.45) is 5.73 Å². The number of primary amides is 1. The highest BCUT2D eigenvalue weighted by molar-refractivity contribution is 5.97. The Morgan fingerprint density at radius 2 is 1.38 bits per heavy atom. The average Bonchev–Trinajstić information content (AvgIpc) is 2.87. The largest absolute Gasteiger partial charge is 0.494 e. The number of ether oxygens (including phenoxy) is 4. The van der Waals surface area contributed by atoms with Crippen molar-refractivity contribution in [3.8, 4) is 17.2 Å². The van der Waals surface area contributed by atoms with Crippen molar-refractivity contribution < 1.29 is 33.3 Å². The Morgan fingerprint density at radius 1 is 0.821 bits per heavy atom. The average molecular weight is 565 g/mol. The van der Waals surface area contributed by atoms with Crippen molar-refractivity contribution in [1.29, 1.82) is 0 Å². The molecule has 2 aromatic carbocycles. The van der Waals surface area contributed by atoms with E-state index < -0.39 is 11.9 Å². The van der Waals surface area contributed by atoms with Gasteiger partial charge >= 0.3 is 5.97 Å². The molecule has 0 aliphatic rings. The van der Waals surface area contributed by atoms with Crippen LogP contribution < -0.4 is 19.9 Å². The van der Waals surface area contributed by atoms with Gasteiger partial charge in [0.15, 0.2) is 6.61 Å². The zero-order valence-electron chi connectivity index (χ0n) is 23.4. The number of nitrogens with zero attached hydrogens (tertiary/aromatic N) is 1. The van der Waals surface area contributed by atoms with Gasteiger partial charge in [-0.15, -0.1) is 12.4 Å². The molecule has 10 heteroatoms. The number of benzene rings is 2. The van der Waals surface area contributed by atoms with Gasteiger partial charge in [0.1, 0.15) is 17.2 Å². The first-order valence-electron chi connectivity index (χ1n) is 13.0. The minimum atomic E-state index is -0.507. The fourth-order valence-electron chi connectivity index (χ4n) is 3.91. The summed E-state index contributed by atoms with van der Waals surface area (Å²) in [5.74, 6) is 0.361. The van der Waals surface area contributed by atoms with Gasteiger partial charge in [-0.05, 0) is 90.3 Å². The normalized spacial score (nSPS) is 10.5. The fourth-order valence-corrected chi connectivity index (χ4v) is 3.91. The van der Waals surface area contributed by atoms with E-state index in [0.717, 1.165) is 19.3 Å². The van der Waals surface area contributed by atoms with Gasteiger partial charge in [0.2, 0.25) is 5.91 Å². The van der Waals surface area contributed by atoms with E-state index in [1.807, 2.05) is 27.7 Å². The number of nitrogens with two attached hydrogens (primary N) is 1. The number of halogens is 1. The minimum absolute atomic E-state index is 0. The lowest BCUT2D eigenvalue weighted by molar-refractivity contribution is -0.145. The summed E-state index contributed by atoms with van der Waals surface area (Å²) in [4.78, 5) is 38.0. The minimum Gasteiger partial charge on any atom is -0.494 e. The predicted octanol–water partition coefficient (Wildman–Crippen LogP) is 5.04. The number of carbonyl (C=O) groups is 3. The first-order valence-corrected chi connectivity index (χ1v) is 13.0. The number of amides is 2. The second-order valence-electron chi connectivity index (χ2n) is 9.30. The molecule has 0 aliphatic heterocycles. The highest BCUT2D eigenvalue weighted by Gasteiger charge is 2.25. The van der Waals surface area contributed by atoms with Crippen LogP contribution in [-0.2, 0) is 9.53 Å². The first-order chi connectivity index (χ1) is 18.1. The molecule has 0 aromatic heterocycles. The van der Waals surface area contributed by atoms with Crippen molar-refractivity contribution >= 4 is 30.2 Å². The molecule has 0 saturated carbocycles. The van der Waals surface area contributed by atoms with Crippen LogP contribution in [0.25, 0.3) is 0 Å². The molecule has 2 amide bonds. The highest BCUT2D eigenvalue weighted by Crippen LogP contribution is 2.28. The first kappa shape index (κ1) is 33.6. The van der Waals surface area contributed by atoms with E-state index in [2.05, 4.69) is 0 Å². The van der Waals surface area contributed by atoms with Crippen LogP contribution in [0.5, 0.6) is 17.2 Å². The van der Waals surface area contributed by atoms with Crippen LogP contribution in [0.15, 0.2) is 42.5 Å². The Balaban J connectivity index is 0.00000760. The van der Waals surface area contributed by atoms with E-state index >= 15 is 0 Å². The third-order valence-corrected chi connectivity index (χ3v) is 5.65. The van der Waals surface area contributed by atoms with Gasteiger partial charge in [-0.3, -0.25) is 9.59 Å². The monoisotopic (exact) mass is 564 g/mol. The molecule has 0 unspecified atom stereocenters. The Bertz CT molecular complexity index is 1050. The summed E-state index contributed by atoms with van der Waals surface area (Å²) >= 11 is 0. The lowest BCUT2D eigenvalue weighted by Crippen LogP contribution is -2.42. The summed E-state index contributed by atoms with van der Waals surface area (Å²) in [6.45, 7) is 10.5. The molecule has 2 aromatic rings. The van der Waals surface area contributed by atoms with E-state index in [9.17, 15) is 14.4 Å². The highest BCUT2D eigenvalue weighted by atomic mass is 35.5. The number of hydrogen-bond donors (Lipinski definition) is 1. The Labute approximate surface area is 237 Å². The van der Waals surface area contributed by atoms with Crippen LogP contribution in [0.4, 0.5) is 0 Å². The molecular weight excluding hydrogens is 524 g/mol. The third kappa shape index (κ3) is 11.0. The van der Waals surface area contributed by atoms with Crippen molar-refractivity contribution in [3.63, 3.8) is 0 Å². The molecule has 0 radical (unpaired) electrons. The van der Waals surface area contributed by atoms with Crippen LogP contribution >= 0.6 is 12.4 Å². The molecule has 216 valence electrons. The number of unbranched alkanes of at least 4 members (excludes halogenated alkanes) is 2. The SMILES string of the molecule is CCOC(=O)COc1cc(OCCCCCOc2ccc(C(N)=O)cc2)ccc1C(=O)N(C(C)C)C(C)C.Cl. The van der Waals surface area contributed by atoms with Gasteiger partial charge in [-0.2, -0.15) is 0 Å². The molecule has 0 aliphatic carbocycles. The zero-order valence-corrected chi connectivity index (χ0v) is 24.3. The Morgan fingerprint density at radius 3 is 1.92 bits per heavy atom. The van der Waals surface area contributed by atoms with Gasteiger partial charge < -0.3 is 29.6 Å². The quantitative estimate of drug-likeness (QED) is 0.224. The number of hydrogen-bond acceptors (Lipinski definition) is 7. The molecule has 0 spiro atoms. The van der Waals surface area contributed by atoms with E-state index in [0.29, 0.717) is 35.8 Å². The van der Waals surface area contributed by atoms with Crippen LogP contribution in [0, 0.1) is 0 Å². The molecular formula is C29H41ClN2O7. The van der Waals surface area contributed by atoms with Gasteiger partial charge in [0.25, 0.3) is 5.91 Å². The van der Waals surface area contributed by atoms with E-state index in [1.165, 1.54) is 0 Å². The molecule has 2 N–H and O–H groups in total. The lowest BCUT2D eigenvalue weighted by atomic mass is 10.1. The van der Waals surface area contributed by atoms with Gasteiger partial charge in [-0.25, -0.2) is 4.79 Å². The van der Waals surface area contributed by atoms with E-state index in [4.69, 9.17) is 24.7 Å². The van der Waals surface area contributed by atoms with Gasteiger partial charge in [0.05, 0.1) is 25.4 Å². The van der Waals surface area contributed by atoms with E-state index in [1.54, 1.807) is 54.3 Å². The van der Waals surface area contributed by atoms with Crippen molar-refractivity contribution in [2.45, 2.75) is 66.0 Å². The third-order valence-electron chi connectivity index (χ3n) is 5.65. The topological polar surface area (TPSA) is 117 Å². The number of esters is 1. The van der Waals surface area contributed by atoms with Gasteiger partial charge in [-0.1, -0.05) is 0 Å². The Kier molecular flexibility index (Phi) is 14.8. The smallest absolute Gasteiger partial charge is 0.344 e. The summed E-state index contributed by atoms with van der Waals surface area (Å²) < 4.78 is 22.2. The maximum absolute atomic E-state index is 13.3. The summed E-state index contributed by atoms with van der Waals surface area (Å²) in [6, 6.07) is 11.8. The lowest BCUT2D eigenvalue weighted by Gasteiger charge is -2.31. The van der Waals surface area contributed by atoms with Crippen LogP contribution in [0.1, 0.15) is 74.6 Å². The number of rotatable bonds is 16. The summed E-state index contributed by atoms with van der Waals surface area (Å²) in [6.07, 6.45) is 2.53. The van der Waals surface area contributed by atoms with Crippen molar-refractivity contribution in [1.82, 2.24) is 4.90 Å². The van der Waals surface area contributed by atoms with Crippen molar-refractivity contribution in [3.05, 3.63) is 53.6 Å². The molecule has 9 nitrogen and oxygen atoms in total. The second kappa shape index (κ2) is 17.2. The molecule has 0 saturated heterocycles. The maximum atomic E-state index is 13.3. The van der Waals surface area contributed by atoms with Crippen LogP contribution in [0.2, 0.25) is 0 Å². The van der Waals surface area contributed by atoms with E-state index in [-0.39, 0.29) is 49.4 Å². The molecule has 0 fully saturated rings. The summed E-state index contributed by atoms with van der Waals surface area (Å²) in [5, 5.41) is 0. The maximum Gasteiger partial charge on any atom is 0.344 e. The zero-order chi connectivity index (χ0) is 28.1. The molecule has 0 bridgehead atoms. The summed E-state index contributed by atoms with van der Waals surface area (Å²) in [5.41, 5.74) is 6.05. The Hall–Kier alpha value is -3.46. The molecule has 39 heavy (non-hydrogen) atoms. The van der Waals surface area contributed by atoms with Crippen LogP contribution in [-0.4, -0.2) is 61.2 Å². The van der Waals surface area contributed by atoms with Gasteiger partial charge in [0, 0.05) is 23.7 Å². The van der Waals surface area contributed by atoms with Crippen LogP contribution in [0.3, 0.4) is 0 Å². The second-order valence-corrected chi connectivity index (χ2v) is 9.30.